The van der Waals surface area contributed by atoms with E-state index in [1.54, 1.807) is 48.5 Å². The van der Waals surface area contributed by atoms with Crippen LogP contribution in [-0.4, -0.2) is 33.9 Å². The van der Waals surface area contributed by atoms with E-state index in [0.29, 0.717) is 47.2 Å². The normalized spacial score (nSPS) is 17.0. The van der Waals surface area contributed by atoms with Gasteiger partial charge in [-0.2, -0.15) is 18.2 Å². The summed E-state index contributed by atoms with van der Waals surface area (Å²) in [6.45, 7) is 2.20. The zero-order chi connectivity index (χ0) is 23.2. The highest BCUT2D eigenvalue weighted by atomic mass is 19.4. The van der Waals surface area contributed by atoms with Crippen LogP contribution in [0.1, 0.15) is 29.9 Å². The van der Waals surface area contributed by atoms with Gasteiger partial charge in [0.05, 0.1) is 0 Å². The van der Waals surface area contributed by atoms with Crippen LogP contribution >= 0.6 is 0 Å². The molecule has 11 heteroatoms. The standard InChI is InChI=1S/C22H18F3N5O3/c1-12(31)26-15-4-2-3-13(9-15)16-11-17(14-5-6-18-19(10-14)33-8-7-32-18)30-21(27-16)28-20(29-30)22(23,24)25/h2-6,9-11,17H,7-8H2,1H3,(H,26,31)(H,27,28,29). The van der Waals surface area contributed by atoms with Crippen molar-refractivity contribution in [1.29, 1.82) is 0 Å². The summed E-state index contributed by atoms with van der Waals surface area (Å²) in [6.07, 6.45) is -2.95. The van der Waals surface area contributed by atoms with E-state index in [9.17, 15) is 18.0 Å². The van der Waals surface area contributed by atoms with E-state index < -0.39 is 18.0 Å². The Balaban J connectivity index is 1.60. The van der Waals surface area contributed by atoms with E-state index >= 15 is 0 Å². The quantitative estimate of drug-likeness (QED) is 0.616. The molecule has 1 atom stereocenters. The molecule has 0 bridgehead atoms. The first-order chi connectivity index (χ1) is 15.8. The van der Waals surface area contributed by atoms with Crippen molar-refractivity contribution in [3.05, 3.63) is 65.5 Å². The van der Waals surface area contributed by atoms with Crippen LogP contribution < -0.4 is 20.1 Å². The molecule has 0 radical (unpaired) electrons. The lowest BCUT2D eigenvalue weighted by molar-refractivity contribution is -0.145. The summed E-state index contributed by atoms with van der Waals surface area (Å²) >= 11 is 0. The molecule has 5 rings (SSSR count). The summed E-state index contributed by atoms with van der Waals surface area (Å²) in [6, 6.07) is 11.5. The molecular formula is C22H18F3N5O3. The van der Waals surface area contributed by atoms with Gasteiger partial charge in [0.1, 0.15) is 19.3 Å². The molecular weight excluding hydrogens is 439 g/mol. The molecule has 2 N–H and O–H groups in total. The van der Waals surface area contributed by atoms with Gasteiger partial charge >= 0.3 is 6.18 Å². The number of hydrogen-bond donors (Lipinski definition) is 2. The van der Waals surface area contributed by atoms with Crippen molar-refractivity contribution in [2.24, 2.45) is 0 Å². The fourth-order valence-corrected chi connectivity index (χ4v) is 3.73. The number of carbonyl (C=O) groups is 1. The maximum atomic E-state index is 13.4. The lowest BCUT2D eigenvalue weighted by atomic mass is 10.0. The van der Waals surface area contributed by atoms with Crippen LogP contribution in [-0.2, 0) is 11.0 Å². The van der Waals surface area contributed by atoms with E-state index in [1.807, 2.05) is 0 Å². The number of nitrogens with zero attached hydrogens (tertiary/aromatic N) is 3. The molecule has 2 aromatic carbocycles. The van der Waals surface area contributed by atoms with Gasteiger partial charge in [-0.3, -0.25) is 4.79 Å². The van der Waals surface area contributed by atoms with Crippen molar-refractivity contribution < 1.29 is 27.4 Å². The van der Waals surface area contributed by atoms with Crippen LogP contribution in [0.2, 0.25) is 0 Å². The second-order valence-electron chi connectivity index (χ2n) is 7.52. The number of carbonyl (C=O) groups excluding carboxylic acids is 1. The van der Waals surface area contributed by atoms with Gasteiger partial charge in [-0.25, -0.2) is 4.68 Å². The van der Waals surface area contributed by atoms with Crippen molar-refractivity contribution in [2.75, 3.05) is 23.8 Å². The van der Waals surface area contributed by atoms with Gasteiger partial charge in [0.15, 0.2) is 11.5 Å². The molecule has 170 valence electrons. The molecule has 1 amide bonds. The third-order valence-corrected chi connectivity index (χ3v) is 5.12. The van der Waals surface area contributed by atoms with Crippen LogP contribution in [0, 0.1) is 0 Å². The van der Waals surface area contributed by atoms with E-state index in [1.165, 1.54) is 11.6 Å². The van der Waals surface area contributed by atoms with Gasteiger partial charge in [-0.15, -0.1) is 5.10 Å². The molecule has 0 spiro atoms. The number of hydrogen-bond acceptors (Lipinski definition) is 6. The second-order valence-corrected chi connectivity index (χ2v) is 7.52. The Morgan fingerprint density at radius 1 is 1.15 bits per heavy atom. The van der Waals surface area contributed by atoms with E-state index in [4.69, 9.17) is 9.47 Å². The first kappa shape index (κ1) is 20.9. The number of alkyl halides is 3. The van der Waals surface area contributed by atoms with Crippen LogP contribution in [0.15, 0.2) is 48.5 Å². The number of halogens is 3. The van der Waals surface area contributed by atoms with Gasteiger partial charge in [-0.1, -0.05) is 18.2 Å². The summed E-state index contributed by atoms with van der Waals surface area (Å²) in [5.41, 5.74) is 2.39. The predicted octanol–water partition coefficient (Wildman–Crippen LogP) is 4.08. The summed E-state index contributed by atoms with van der Waals surface area (Å²) < 4.78 is 52.5. The van der Waals surface area contributed by atoms with E-state index in [-0.39, 0.29) is 11.9 Å². The minimum atomic E-state index is -4.70. The average Bonchev–Trinajstić information content (AvgIpc) is 3.23. The molecule has 8 nitrogen and oxygen atoms in total. The number of nitrogens with one attached hydrogen (secondary N) is 2. The van der Waals surface area contributed by atoms with Gasteiger partial charge in [0, 0.05) is 18.3 Å². The smallest absolute Gasteiger partial charge is 0.453 e. The summed E-state index contributed by atoms with van der Waals surface area (Å²) in [5, 5.41) is 9.35. The first-order valence-corrected chi connectivity index (χ1v) is 10.1. The van der Waals surface area contributed by atoms with Crippen LogP contribution in [0.25, 0.3) is 5.70 Å². The topological polar surface area (TPSA) is 90.3 Å². The fourth-order valence-electron chi connectivity index (χ4n) is 3.73. The Labute approximate surface area is 186 Å². The minimum Gasteiger partial charge on any atom is -0.486 e. The van der Waals surface area contributed by atoms with Crippen LogP contribution in [0.4, 0.5) is 24.8 Å². The highest BCUT2D eigenvalue weighted by molar-refractivity contribution is 5.89. The highest BCUT2D eigenvalue weighted by Gasteiger charge is 2.39. The van der Waals surface area contributed by atoms with Crippen LogP contribution in [0.3, 0.4) is 0 Å². The van der Waals surface area contributed by atoms with E-state index in [0.717, 1.165) is 0 Å². The van der Waals surface area contributed by atoms with Crippen molar-refractivity contribution >= 4 is 23.2 Å². The molecule has 3 aromatic rings. The molecule has 33 heavy (non-hydrogen) atoms. The minimum absolute atomic E-state index is 0.0513. The van der Waals surface area contributed by atoms with Crippen molar-refractivity contribution in [3.63, 3.8) is 0 Å². The second kappa shape index (κ2) is 7.84. The average molecular weight is 457 g/mol. The van der Waals surface area contributed by atoms with Crippen LogP contribution in [0.5, 0.6) is 11.5 Å². The monoisotopic (exact) mass is 457 g/mol. The fraction of sp³-hybridized carbons (Fsp3) is 0.227. The van der Waals surface area contributed by atoms with Crippen molar-refractivity contribution in [3.8, 4) is 11.5 Å². The number of aromatic nitrogens is 3. The van der Waals surface area contributed by atoms with Gasteiger partial charge in [0.2, 0.25) is 11.9 Å². The Hall–Kier alpha value is -4.02. The number of benzene rings is 2. The molecule has 0 saturated heterocycles. The Bertz CT molecular complexity index is 1270. The number of ether oxygens (including phenoxy) is 2. The summed E-state index contributed by atoms with van der Waals surface area (Å²) in [7, 11) is 0. The first-order valence-electron chi connectivity index (χ1n) is 10.1. The lowest BCUT2D eigenvalue weighted by Crippen LogP contribution is -2.21. The largest absolute Gasteiger partial charge is 0.486 e. The Morgan fingerprint density at radius 3 is 2.70 bits per heavy atom. The van der Waals surface area contributed by atoms with Crippen molar-refractivity contribution in [1.82, 2.24) is 14.8 Å². The summed E-state index contributed by atoms with van der Waals surface area (Å²) in [5.74, 6) is -0.446. The molecule has 2 aliphatic heterocycles. The van der Waals surface area contributed by atoms with Crippen molar-refractivity contribution in [2.45, 2.75) is 19.1 Å². The third kappa shape index (κ3) is 4.09. The molecule has 1 aromatic heterocycles. The zero-order valence-electron chi connectivity index (χ0n) is 17.3. The predicted molar refractivity (Wildman–Crippen MR) is 113 cm³/mol. The number of fused-ring (bicyclic) bond motifs is 2. The third-order valence-electron chi connectivity index (χ3n) is 5.12. The lowest BCUT2D eigenvalue weighted by Gasteiger charge is -2.26. The highest BCUT2D eigenvalue weighted by Crippen LogP contribution is 2.39. The molecule has 0 aliphatic carbocycles. The number of rotatable bonds is 3. The molecule has 0 saturated carbocycles. The van der Waals surface area contributed by atoms with Gasteiger partial charge < -0.3 is 20.1 Å². The maximum absolute atomic E-state index is 13.4. The van der Waals surface area contributed by atoms with E-state index in [2.05, 4.69) is 20.7 Å². The zero-order valence-corrected chi connectivity index (χ0v) is 17.3. The number of amides is 1. The molecule has 1 unspecified atom stereocenters. The Morgan fingerprint density at radius 2 is 1.94 bits per heavy atom. The Kier molecular flexibility index (Phi) is 4.95. The molecule has 2 aliphatic rings. The maximum Gasteiger partial charge on any atom is 0.453 e. The van der Waals surface area contributed by atoms with Gasteiger partial charge in [-0.05, 0) is 41.5 Å². The number of allylic oxidation sites excluding steroid dienone is 1. The van der Waals surface area contributed by atoms with Gasteiger partial charge in [0.25, 0.3) is 5.82 Å². The molecule has 0 fully saturated rings. The molecule has 3 heterocycles. The SMILES string of the molecule is CC(=O)Nc1cccc(C2=CC(c3ccc4c(c3)OCCO4)n3nc(C(F)(F)F)nc3N2)c1. The summed E-state index contributed by atoms with van der Waals surface area (Å²) in [4.78, 5) is 15.1. The number of anilines is 2.